The van der Waals surface area contributed by atoms with E-state index in [2.05, 4.69) is 61.7 Å². The first-order valence-corrected chi connectivity index (χ1v) is 14.0. The van der Waals surface area contributed by atoms with E-state index in [0.717, 1.165) is 58.9 Å². The van der Waals surface area contributed by atoms with Crippen molar-refractivity contribution in [2.24, 2.45) is 11.8 Å². The molecule has 0 aromatic carbocycles. The molecule has 6 heterocycles. The van der Waals surface area contributed by atoms with Crippen LogP contribution in [-0.4, -0.2) is 62.1 Å². The van der Waals surface area contributed by atoms with Crippen molar-refractivity contribution in [2.45, 2.75) is 38.8 Å². The topological polar surface area (TPSA) is 105 Å². The van der Waals surface area contributed by atoms with Crippen LogP contribution in [0.1, 0.15) is 32.3 Å². The number of hydrogen-bond donors (Lipinski definition) is 2. The van der Waals surface area contributed by atoms with Gasteiger partial charge in [0.1, 0.15) is 11.6 Å². The number of methoxy groups -OCH3 is 1. The maximum atomic E-state index is 5.84. The Morgan fingerprint density at radius 1 is 1.07 bits per heavy atom. The fourth-order valence-corrected chi connectivity index (χ4v) is 6.66. The number of anilines is 1. The highest BCUT2D eigenvalue weighted by Gasteiger charge is 2.46. The van der Waals surface area contributed by atoms with Gasteiger partial charge in [0.05, 0.1) is 37.0 Å². The first-order chi connectivity index (χ1) is 19.5. The van der Waals surface area contributed by atoms with Crippen LogP contribution in [0.2, 0.25) is 0 Å². The monoisotopic (exact) mass is 538 g/mol. The van der Waals surface area contributed by atoms with E-state index >= 15 is 0 Å². The molecule has 1 aliphatic carbocycles. The second-order valence-electron chi connectivity index (χ2n) is 11.3. The summed E-state index contributed by atoms with van der Waals surface area (Å²) < 4.78 is 12.9. The summed E-state index contributed by atoms with van der Waals surface area (Å²) >= 11 is 0. The minimum atomic E-state index is 0.138. The lowest BCUT2D eigenvalue weighted by molar-refractivity contribution is 0.338. The van der Waals surface area contributed by atoms with Gasteiger partial charge in [-0.05, 0) is 62.3 Å². The molecule has 206 valence electrons. The van der Waals surface area contributed by atoms with Gasteiger partial charge in [-0.2, -0.15) is 5.10 Å². The summed E-state index contributed by atoms with van der Waals surface area (Å²) in [5, 5.41) is 16.6. The van der Waals surface area contributed by atoms with Crippen LogP contribution in [0.15, 0.2) is 55.1 Å². The normalized spacial score (nSPS) is 22.3. The molecule has 10 heteroatoms. The van der Waals surface area contributed by atoms with Crippen LogP contribution in [0.4, 0.5) is 5.82 Å². The third-order valence-electron chi connectivity index (χ3n) is 8.52. The molecule has 5 aromatic rings. The lowest BCUT2D eigenvalue weighted by Gasteiger charge is -2.29. The Hall–Kier alpha value is -4.18. The Morgan fingerprint density at radius 3 is 2.62 bits per heavy atom. The first kappa shape index (κ1) is 24.8. The molecule has 7 rings (SSSR count). The average Bonchev–Trinajstić information content (AvgIpc) is 3.72. The van der Waals surface area contributed by atoms with Gasteiger partial charge in [0.2, 0.25) is 5.88 Å². The zero-order valence-corrected chi connectivity index (χ0v) is 23.1. The molecule has 1 saturated carbocycles. The zero-order chi connectivity index (χ0) is 27.3. The second-order valence-corrected chi connectivity index (χ2v) is 11.3. The number of rotatable bonds is 8. The lowest BCUT2D eigenvalue weighted by atomic mass is 9.97. The number of pyridine rings is 3. The van der Waals surface area contributed by atoms with Crippen LogP contribution < -0.4 is 19.7 Å². The van der Waals surface area contributed by atoms with E-state index in [1.165, 1.54) is 18.4 Å². The van der Waals surface area contributed by atoms with Crippen LogP contribution >= 0.6 is 0 Å². The molecular formula is C30H34N8O2. The predicted octanol–water partition coefficient (Wildman–Crippen LogP) is 4.47. The van der Waals surface area contributed by atoms with E-state index in [1.807, 2.05) is 42.3 Å². The molecule has 1 aliphatic heterocycles. The number of hydrogen-bond acceptors (Lipinski definition) is 8. The first-order valence-electron chi connectivity index (χ1n) is 14.0. The van der Waals surface area contributed by atoms with Crippen LogP contribution in [0, 0.1) is 11.8 Å². The van der Waals surface area contributed by atoms with Gasteiger partial charge in [0.25, 0.3) is 0 Å². The van der Waals surface area contributed by atoms with Gasteiger partial charge in [-0.1, -0.05) is 6.07 Å². The van der Waals surface area contributed by atoms with Crippen molar-refractivity contribution in [3.8, 4) is 22.8 Å². The van der Waals surface area contributed by atoms with Crippen molar-refractivity contribution >= 4 is 22.4 Å². The molecule has 1 saturated heterocycles. The number of aromatic nitrogens is 6. The number of ether oxygens (including phenoxy) is 2. The third kappa shape index (κ3) is 4.42. The quantitative estimate of drug-likeness (QED) is 0.298. The van der Waals surface area contributed by atoms with Crippen molar-refractivity contribution in [2.75, 3.05) is 31.7 Å². The molecule has 10 nitrogen and oxygen atoms in total. The highest BCUT2D eigenvalue weighted by atomic mass is 16.5. The summed E-state index contributed by atoms with van der Waals surface area (Å²) in [6.45, 7) is 7.85. The fourth-order valence-electron chi connectivity index (χ4n) is 6.66. The summed E-state index contributed by atoms with van der Waals surface area (Å²) in [6.07, 6.45) is 9.94. The Bertz CT molecular complexity index is 1630. The zero-order valence-electron chi connectivity index (χ0n) is 23.1. The number of aromatic amines is 1. The van der Waals surface area contributed by atoms with Crippen LogP contribution in [0.3, 0.4) is 0 Å². The average molecular weight is 539 g/mol. The maximum absolute atomic E-state index is 5.84. The highest BCUT2D eigenvalue weighted by Crippen LogP contribution is 2.45. The van der Waals surface area contributed by atoms with Crippen molar-refractivity contribution in [3.63, 3.8) is 0 Å². The molecule has 2 N–H and O–H groups in total. The van der Waals surface area contributed by atoms with E-state index in [-0.39, 0.29) is 5.54 Å². The van der Waals surface area contributed by atoms with E-state index in [9.17, 15) is 0 Å². The highest BCUT2D eigenvalue weighted by molar-refractivity contribution is 6.00. The number of H-pyrrole nitrogens is 1. The molecular weight excluding hydrogens is 504 g/mol. The maximum Gasteiger partial charge on any atom is 0.212 e. The van der Waals surface area contributed by atoms with Gasteiger partial charge in [-0.3, -0.25) is 5.10 Å². The number of nitrogens with one attached hydrogen (secondary N) is 2. The van der Waals surface area contributed by atoms with Gasteiger partial charge in [-0.15, -0.1) is 5.10 Å². The summed E-state index contributed by atoms with van der Waals surface area (Å²) in [7, 11) is 1.64. The summed E-state index contributed by atoms with van der Waals surface area (Å²) in [6, 6.07) is 10.4. The Kier molecular flexibility index (Phi) is 6.07. The van der Waals surface area contributed by atoms with Crippen molar-refractivity contribution in [3.05, 3.63) is 60.7 Å². The number of fused-ring (bicyclic) bond motifs is 4. The minimum absolute atomic E-state index is 0.138. The largest absolute Gasteiger partial charge is 0.492 e. The van der Waals surface area contributed by atoms with Gasteiger partial charge in [-0.25, -0.2) is 14.5 Å². The summed E-state index contributed by atoms with van der Waals surface area (Å²) in [5.41, 5.74) is 5.13. The molecule has 0 spiro atoms. The molecule has 2 aliphatic rings. The van der Waals surface area contributed by atoms with Gasteiger partial charge < -0.3 is 19.7 Å². The second kappa shape index (κ2) is 9.78. The predicted molar refractivity (Wildman–Crippen MR) is 154 cm³/mol. The SMILES string of the molecule is CCOc1cc(-c2ccc(N3CC4C[C@](C)(NCc5ccc(OC)nc5)C[C@H]4C3)nc2)c2c3cn[nH]c3nn2c1. The summed E-state index contributed by atoms with van der Waals surface area (Å²) in [4.78, 5) is 11.7. The standard InChI is InChI=1S/C30H34N8O2/c1-4-40-23-9-24(28-25-15-34-35-29(25)36-38(28)18-23)20-6-7-26(31-14-20)37-16-21-10-30(2,11-22(21)17-37)33-13-19-5-8-27(39-3)32-12-19/h5-9,12,14-15,18,21-22,33H,4,10-11,13,16-17H2,1-3H3,(H,35,36)/t21-,22?,30+/m0/s1. The van der Waals surface area contributed by atoms with E-state index in [0.29, 0.717) is 24.3 Å². The summed E-state index contributed by atoms with van der Waals surface area (Å²) in [5.74, 6) is 3.79. The molecule has 0 bridgehead atoms. The Labute approximate surface area is 232 Å². The van der Waals surface area contributed by atoms with Crippen molar-refractivity contribution < 1.29 is 9.47 Å². The minimum Gasteiger partial charge on any atom is -0.492 e. The molecule has 2 fully saturated rings. The van der Waals surface area contributed by atoms with Crippen LogP contribution in [0.25, 0.3) is 27.7 Å². The van der Waals surface area contributed by atoms with Gasteiger partial charge in [0, 0.05) is 54.8 Å². The molecule has 0 radical (unpaired) electrons. The van der Waals surface area contributed by atoms with E-state index in [1.54, 1.807) is 7.11 Å². The molecule has 3 atom stereocenters. The smallest absolute Gasteiger partial charge is 0.212 e. The molecule has 40 heavy (non-hydrogen) atoms. The van der Waals surface area contributed by atoms with Gasteiger partial charge in [0.15, 0.2) is 5.65 Å². The van der Waals surface area contributed by atoms with Crippen LogP contribution in [-0.2, 0) is 6.54 Å². The van der Waals surface area contributed by atoms with Crippen molar-refractivity contribution in [1.29, 1.82) is 0 Å². The number of nitrogens with zero attached hydrogens (tertiary/aromatic N) is 6. The molecule has 1 unspecified atom stereocenters. The van der Waals surface area contributed by atoms with E-state index in [4.69, 9.17) is 14.5 Å². The fraction of sp³-hybridized carbons (Fsp3) is 0.400. The molecule has 0 amide bonds. The van der Waals surface area contributed by atoms with E-state index < -0.39 is 0 Å². The third-order valence-corrected chi connectivity index (χ3v) is 8.52. The van der Waals surface area contributed by atoms with Crippen LogP contribution in [0.5, 0.6) is 11.6 Å². The van der Waals surface area contributed by atoms with Crippen molar-refractivity contribution in [1.82, 2.24) is 35.1 Å². The Balaban J connectivity index is 1.05. The molecule has 5 aromatic heterocycles. The lowest BCUT2D eigenvalue weighted by Crippen LogP contribution is -2.41. The van der Waals surface area contributed by atoms with Gasteiger partial charge >= 0.3 is 0 Å². The Morgan fingerprint density at radius 2 is 1.93 bits per heavy atom.